The molecule has 1 heterocycles. The van der Waals surface area contributed by atoms with E-state index in [0.717, 1.165) is 17.3 Å². The molecule has 0 saturated heterocycles. The van der Waals surface area contributed by atoms with Crippen LogP contribution in [0, 0.1) is 0 Å². The molecule has 20 heavy (non-hydrogen) atoms. The molecular weight excluding hydrogens is 302 g/mol. The first kappa shape index (κ1) is 14.4. The smallest absolute Gasteiger partial charge is 0.318 e. The molecule has 0 aliphatic rings. The number of H-pyrrole nitrogens is 1. The molecule has 0 unspecified atom stereocenters. The third-order valence-electron chi connectivity index (χ3n) is 2.18. The first-order valence-corrected chi connectivity index (χ1v) is 6.81. The van der Waals surface area contributed by atoms with Gasteiger partial charge in [0.1, 0.15) is 0 Å². The number of hydrogen-bond acceptors (Lipinski definition) is 5. The predicted octanol–water partition coefficient (Wildman–Crippen LogP) is 1.41. The number of primary amides is 1. The first-order valence-electron chi connectivity index (χ1n) is 5.45. The predicted molar refractivity (Wildman–Crippen MR) is 75.3 cm³/mol. The summed E-state index contributed by atoms with van der Waals surface area (Å²) < 4.78 is 0. The lowest BCUT2D eigenvalue weighted by Crippen LogP contribution is -2.36. The van der Waals surface area contributed by atoms with Crippen LogP contribution in [0.3, 0.4) is 0 Å². The highest BCUT2D eigenvalue weighted by Gasteiger charge is 2.09. The van der Waals surface area contributed by atoms with Crippen molar-refractivity contribution in [3.63, 3.8) is 0 Å². The Balaban J connectivity index is 1.97. The minimum absolute atomic E-state index is 0.000844. The van der Waals surface area contributed by atoms with Crippen LogP contribution in [0.2, 0.25) is 5.02 Å². The molecule has 4 N–H and O–H groups in total. The van der Waals surface area contributed by atoms with Gasteiger partial charge in [-0.25, -0.2) is 9.78 Å². The molecule has 104 valence electrons. The van der Waals surface area contributed by atoms with E-state index in [1.165, 1.54) is 0 Å². The molecule has 3 amide bonds. The fraction of sp³-hybridized carbons (Fsp3) is 0.0909. The molecule has 0 radical (unpaired) electrons. The maximum absolute atomic E-state index is 11.2. The molecule has 0 aliphatic heterocycles. The van der Waals surface area contributed by atoms with E-state index in [9.17, 15) is 9.59 Å². The lowest BCUT2D eigenvalue weighted by molar-refractivity contribution is -0.117. The number of amides is 3. The van der Waals surface area contributed by atoms with E-state index in [2.05, 4.69) is 15.2 Å². The molecule has 1 aromatic carbocycles. The van der Waals surface area contributed by atoms with Gasteiger partial charge in [0.15, 0.2) is 5.82 Å². The molecule has 0 atom stereocenters. The third kappa shape index (κ3) is 3.97. The minimum atomic E-state index is -0.882. The number of urea groups is 1. The second kappa shape index (κ2) is 6.40. The summed E-state index contributed by atoms with van der Waals surface area (Å²) in [5, 5.41) is 9.71. The van der Waals surface area contributed by atoms with Gasteiger partial charge in [-0.3, -0.25) is 15.2 Å². The topological polar surface area (TPSA) is 114 Å². The summed E-state index contributed by atoms with van der Waals surface area (Å²) in [7, 11) is 0. The number of aromatic amines is 1. The number of benzene rings is 1. The highest BCUT2D eigenvalue weighted by atomic mass is 35.5. The van der Waals surface area contributed by atoms with Crippen molar-refractivity contribution in [2.24, 2.45) is 5.73 Å². The maximum atomic E-state index is 11.2. The Morgan fingerprint density at radius 2 is 2.05 bits per heavy atom. The summed E-state index contributed by atoms with van der Waals surface area (Å²) in [6, 6.07) is 6.21. The molecule has 0 bridgehead atoms. The monoisotopic (exact) mass is 311 g/mol. The number of nitrogens with zero attached hydrogens (tertiary/aromatic N) is 2. The Morgan fingerprint density at radius 1 is 1.35 bits per heavy atom. The Kier molecular flexibility index (Phi) is 4.59. The number of thioether (sulfide) groups is 1. The van der Waals surface area contributed by atoms with E-state index in [1.54, 1.807) is 24.3 Å². The van der Waals surface area contributed by atoms with Crippen LogP contribution in [-0.4, -0.2) is 32.9 Å². The summed E-state index contributed by atoms with van der Waals surface area (Å²) in [6.45, 7) is 0. The Morgan fingerprint density at radius 3 is 2.70 bits per heavy atom. The number of halogens is 1. The van der Waals surface area contributed by atoms with Crippen molar-refractivity contribution >= 4 is 35.3 Å². The number of rotatable bonds is 4. The van der Waals surface area contributed by atoms with Crippen molar-refractivity contribution < 1.29 is 9.59 Å². The van der Waals surface area contributed by atoms with Crippen LogP contribution < -0.4 is 11.1 Å². The minimum Gasteiger partial charge on any atom is -0.351 e. The summed E-state index contributed by atoms with van der Waals surface area (Å²) in [4.78, 5) is 25.9. The van der Waals surface area contributed by atoms with Crippen molar-refractivity contribution in [3.8, 4) is 11.4 Å². The standard InChI is InChI=1S/C11H10ClN5O2S/c12-7-3-1-6(2-4-7)9-15-11(17-16-9)20-5-8(18)14-10(13)19/h1-4H,5H2,(H,15,16,17)(H3,13,14,18,19). The third-order valence-corrected chi connectivity index (χ3v) is 3.28. The number of carbonyl (C=O) groups is 2. The van der Waals surface area contributed by atoms with Gasteiger partial charge < -0.3 is 5.73 Å². The second-order valence-electron chi connectivity index (χ2n) is 3.67. The first-order chi connectivity index (χ1) is 9.54. The summed E-state index contributed by atoms with van der Waals surface area (Å²) >= 11 is 6.89. The van der Waals surface area contributed by atoms with Crippen molar-refractivity contribution in [1.29, 1.82) is 0 Å². The molecule has 0 fully saturated rings. The largest absolute Gasteiger partial charge is 0.351 e. The number of hydrogen-bond donors (Lipinski definition) is 3. The van der Waals surface area contributed by atoms with Crippen molar-refractivity contribution in [2.75, 3.05) is 5.75 Å². The highest BCUT2D eigenvalue weighted by molar-refractivity contribution is 7.99. The number of carbonyl (C=O) groups excluding carboxylic acids is 2. The van der Waals surface area contributed by atoms with Gasteiger partial charge in [0, 0.05) is 10.6 Å². The highest BCUT2D eigenvalue weighted by Crippen LogP contribution is 2.20. The van der Waals surface area contributed by atoms with Crippen molar-refractivity contribution in [1.82, 2.24) is 20.5 Å². The molecule has 0 aliphatic carbocycles. The Labute approximate surface area is 123 Å². The molecule has 0 saturated carbocycles. The van der Waals surface area contributed by atoms with Crippen molar-refractivity contribution in [3.05, 3.63) is 29.3 Å². The van der Waals surface area contributed by atoms with E-state index in [4.69, 9.17) is 17.3 Å². The number of aromatic nitrogens is 3. The number of nitrogens with one attached hydrogen (secondary N) is 2. The van der Waals surface area contributed by atoms with Gasteiger partial charge >= 0.3 is 6.03 Å². The van der Waals surface area contributed by atoms with E-state index >= 15 is 0 Å². The fourth-order valence-electron chi connectivity index (χ4n) is 1.35. The SMILES string of the molecule is NC(=O)NC(=O)CSc1n[nH]c(-c2ccc(Cl)cc2)n1. The van der Waals surface area contributed by atoms with E-state index < -0.39 is 11.9 Å². The molecule has 2 rings (SSSR count). The Bertz CT molecular complexity index is 628. The zero-order chi connectivity index (χ0) is 14.5. The lowest BCUT2D eigenvalue weighted by atomic mass is 10.2. The van der Waals surface area contributed by atoms with E-state index in [0.29, 0.717) is 16.0 Å². The second-order valence-corrected chi connectivity index (χ2v) is 5.05. The molecule has 2 aromatic rings. The van der Waals surface area contributed by atoms with Gasteiger partial charge in [-0.1, -0.05) is 23.4 Å². The zero-order valence-corrected chi connectivity index (χ0v) is 11.7. The van der Waals surface area contributed by atoms with Gasteiger partial charge in [-0.2, -0.15) is 0 Å². The van der Waals surface area contributed by atoms with Gasteiger partial charge in [-0.05, 0) is 24.3 Å². The summed E-state index contributed by atoms with van der Waals surface area (Å²) in [5.74, 6) is 0.0701. The fourth-order valence-corrected chi connectivity index (χ4v) is 2.08. The molecule has 9 heteroatoms. The van der Waals surface area contributed by atoms with Crippen LogP contribution in [0.15, 0.2) is 29.4 Å². The number of imide groups is 1. The zero-order valence-electron chi connectivity index (χ0n) is 10.1. The van der Waals surface area contributed by atoms with Gasteiger partial charge in [0.25, 0.3) is 0 Å². The van der Waals surface area contributed by atoms with Crippen LogP contribution >= 0.6 is 23.4 Å². The quantitative estimate of drug-likeness (QED) is 0.739. The number of nitrogens with two attached hydrogens (primary N) is 1. The van der Waals surface area contributed by atoms with Crippen LogP contribution in [0.1, 0.15) is 0 Å². The van der Waals surface area contributed by atoms with Crippen LogP contribution in [0.4, 0.5) is 4.79 Å². The van der Waals surface area contributed by atoms with E-state index in [-0.39, 0.29) is 5.75 Å². The van der Waals surface area contributed by atoms with Gasteiger partial charge in [-0.15, -0.1) is 5.10 Å². The van der Waals surface area contributed by atoms with Gasteiger partial charge in [0.2, 0.25) is 11.1 Å². The van der Waals surface area contributed by atoms with E-state index in [1.807, 2.05) is 5.32 Å². The summed E-state index contributed by atoms with van der Waals surface area (Å²) in [6.07, 6.45) is 0. The van der Waals surface area contributed by atoms with Gasteiger partial charge in [0.05, 0.1) is 5.75 Å². The van der Waals surface area contributed by atoms with Crippen LogP contribution in [0.25, 0.3) is 11.4 Å². The molecule has 7 nitrogen and oxygen atoms in total. The molecule has 1 aromatic heterocycles. The average Bonchev–Trinajstić information content (AvgIpc) is 2.85. The average molecular weight is 312 g/mol. The molecular formula is C11H10ClN5O2S. The van der Waals surface area contributed by atoms with Crippen molar-refractivity contribution in [2.45, 2.75) is 5.16 Å². The normalized spacial score (nSPS) is 10.2. The lowest BCUT2D eigenvalue weighted by Gasteiger charge is -1.97. The van der Waals surface area contributed by atoms with Crippen LogP contribution in [-0.2, 0) is 4.79 Å². The van der Waals surface area contributed by atoms with Crippen LogP contribution in [0.5, 0.6) is 0 Å². The Hall–Kier alpha value is -2.06. The summed E-state index contributed by atoms with van der Waals surface area (Å²) in [5.41, 5.74) is 5.66. The molecule has 0 spiro atoms. The maximum Gasteiger partial charge on any atom is 0.318 e.